The van der Waals surface area contributed by atoms with Crippen LogP contribution in [0.25, 0.3) is 0 Å². The molecule has 180 valence electrons. The Kier molecular flexibility index (Phi) is 7.40. The van der Waals surface area contributed by atoms with Gasteiger partial charge in [0.15, 0.2) is 6.10 Å². The number of carbonyl (C=O) groups is 3. The van der Waals surface area contributed by atoms with Crippen LogP contribution >= 0.6 is 0 Å². The average molecular weight is 478 g/mol. The van der Waals surface area contributed by atoms with Gasteiger partial charge in [0.05, 0.1) is 5.56 Å². The Bertz CT molecular complexity index is 1410. The highest BCUT2D eigenvalue weighted by Gasteiger charge is 2.27. The third kappa shape index (κ3) is 5.76. The first-order chi connectivity index (χ1) is 17.3. The number of hydrogen-bond donors (Lipinski definition) is 1. The summed E-state index contributed by atoms with van der Waals surface area (Å²) >= 11 is 0. The van der Waals surface area contributed by atoms with E-state index in [0.29, 0.717) is 22.4 Å². The van der Waals surface area contributed by atoms with Crippen LogP contribution in [0, 0.1) is 20.8 Å². The van der Waals surface area contributed by atoms with Crippen LogP contribution in [0.4, 0.5) is 5.69 Å². The number of Topliss-reactive ketones (excluding diaryl/α,β-unsaturated/α-hetero) is 1. The second kappa shape index (κ2) is 10.8. The van der Waals surface area contributed by atoms with Crippen molar-refractivity contribution in [1.82, 2.24) is 0 Å². The molecule has 0 spiro atoms. The van der Waals surface area contributed by atoms with Crippen molar-refractivity contribution in [1.29, 1.82) is 0 Å². The number of nitrogens with one attached hydrogen (secondary N) is 1. The molecule has 36 heavy (non-hydrogen) atoms. The maximum Gasteiger partial charge on any atom is 0.339 e. The Morgan fingerprint density at radius 1 is 0.667 bits per heavy atom. The number of benzene rings is 4. The number of rotatable bonds is 7. The molecular weight excluding hydrogens is 450 g/mol. The summed E-state index contributed by atoms with van der Waals surface area (Å²) in [6.45, 7) is 5.86. The lowest BCUT2D eigenvalue weighted by Crippen LogP contribution is -2.21. The molecule has 5 heteroatoms. The zero-order valence-corrected chi connectivity index (χ0v) is 20.4. The van der Waals surface area contributed by atoms with Crippen LogP contribution in [0.2, 0.25) is 0 Å². The maximum absolute atomic E-state index is 13.4. The van der Waals surface area contributed by atoms with E-state index in [1.54, 1.807) is 60.7 Å². The van der Waals surface area contributed by atoms with Crippen LogP contribution in [0.5, 0.6) is 0 Å². The van der Waals surface area contributed by atoms with Crippen LogP contribution < -0.4 is 5.32 Å². The summed E-state index contributed by atoms with van der Waals surface area (Å²) in [7, 11) is 0. The molecule has 4 aromatic rings. The van der Waals surface area contributed by atoms with Crippen LogP contribution in [-0.4, -0.2) is 17.7 Å². The van der Waals surface area contributed by atoms with Gasteiger partial charge in [-0.2, -0.15) is 0 Å². The molecule has 0 radical (unpaired) electrons. The summed E-state index contributed by atoms with van der Waals surface area (Å²) in [6, 6.07) is 28.1. The van der Waals surface area contributed by atoms with Crippen molar-refractivity contribution in [3.05, 3.63) is 136 Å². The molecule has 0 aliphatic heterocycles. The number of amides is 1. The van der Waals surface area contributed by atoms with E-state index in [2.05, 4.69) is 5.32 Å². The Labute approximate surface area is 210 Å². The molecule has 0 aromatic heterocycles. The summed E-state index contributed by atoms with van der Waals surface area (Å²) in [5, 5.41) is 2.80. The molecule has 0 fully saturated rings. The zero-order chi connectivity index (χ0) is 25.7. The topological polar surface area (TPSA) is 72.5 Å². The molecule has 0 saturated heterocycles. The van der Waals surface area contributed by atoms with Gasteiger partial charge in [0.2, 0.25) is 5.78 Å². The second-order valence-corrected chi connectivity index (χ2v) is 8.76. The van der Waals surface area contributed by atoms with Gasteiger partial charge in [-0.05, 0) is 68.3 Å². The van der Waals surface area contributed by atoms with E-state index in [4.69, 9.17) is 4.74 Å². The molecule has 0 saturated carbocycles. The standard InChI is InChI=1S/C31H27NO4/c1-20-12-15-24(16-13-20)30(34)32-27-11-7-10-26(19-27)31(35)36-29(23-8-5-4-6-9-23)28(33)25-17-14-21(2)22(3)18-25/h4-19,29H,1-3H3,(H,32,34)/t29-/m0/s1. The first-order valence-corrected chi connectivity index (χ1v) is 11.7. The fourth-order valence-corrected chi connectivity index (χ4v) is 3.75. The molecule has 5 nitrogen and oxygen atoms in total. The third-order valence-corrected chi connectivity index (χ3v) is 6.03. The van der Waals surface area contributed by atoms with Crippen molar-refractivity contribution in [2.45, 2.75) is 26.9 Å². The van der Waals surface area contributed by atoms with Crippen molar-refractivity contribution in [3.63, 3.8) is 0 Å². The lowest BCUT2D eigenvalue weighted by molar-refractivity contribution is 0.0280. The van der Waals surface area contributed by atoms with E-state index in [9.17, 15) is 14.4 Å². The molecule has 0 aliphatic carbocycles. The van der Waals surface area contributed by atoms with E-state index in [-0.39, 0.29) is 17.3 Å². The van der Waals surface area contributed by atoms with E-state index < -0.39 is 12.1 Å². The maximum atomic E-state index is 13.4. The monoisotopic (exact) mass is 477 g/mol. The predicted octanol–water partition coefficient (Wildman–Crippen LogP) is 6.65. The molecule has 4 rings (SSSR count). The SMILES string of the molecule is Cc1ccc(C(=O)Nc2cccc(C(=O)O[C@H](C(=O)c3ccc(C)c(C)c3)c3ccccc3)c2)cc1. The first kappa shape index (κ1) is 24.6. The molecule has 0 heterocycles. The minimum absolute atomic E-state index is 0.227. The van der Waals surface area contributed by atoms with Gasteiger partial charge in [-0.15, -0.1) is 0 Å². The summed E-state index contributed by atoms with van der Waals surface area (Å²) in [6.07, 6.45) is -1.10. The number of ether oxygens (including phenoxy) is 1. The fraction of sp³-hybridized carbons (Fsp3) is 0.129. The van der Waals surface area contributed by atoms with Gasteiger partial charge >= 0.3 is 5.97 Å². The number of aryl methyl sites for hydroxylation is 3. The van der Waals surface area contributed by atoms with Gasteiger partial charge in [0, 0.05) is 22.4 Å². The van der Waals surface area contributed by atoms with Gasteiger partial charge in [0.25, 0.3) is 5.91 Å². The lowest BCUT2D eigenvalue weighted by Gasteiger charge is -2.18. The van der Waals surface area contributed by atoms with Gasteiger partial charge in [-0.25, -0.2) is 4.79 Å². The Hall–Kier alpha value is -4.51. The predicted molar refractivity (Wildman–Crippen MR) is 140 cm³/mol. The number of esters is 1. The highest BCUT2D eigenvalue weighted by atomic mass is 16.5. The zero-order valence-electron chi connectivity index (χ0n) is 20.4. The minimum Gasteiger partial charge on any atom is -0.445 e. The number of hydrogen-bond acceptors (Lipinski definition) is 4. The van der Waals surface area contributed by atoms with Crippen molar-refractivity contribution in [2.75, 3.05) is 5.32 Å². The van der Waals surface area contributed by atoms with Gasteiger partial charge < -0.3 is 10.1 Å². The van der Waals surface area contributed by atoms with Crippen LogP contribution in [0.15, 0.2) is 97.1 Å². The number of ketones is 1. The minimum atomic E-state index is -1.10. The van der Waals surface area contributed by atoms with E-state index >= 15 is 0 Å². The van der Waals surface area contributed by atoms with Crippen molar-refractivity contribution < 1.29 is 19.1 Å². The van der Waals surface area contributed by atoms with Gasteiger partial charge in [-0.1, -0.05) is 66.2 Å². The Morgan fingerprint density at radius 3 is 2.06 bits per heavy atom. The Morgan fingerprint density at radius 2 is 1.36 bits per heavy atom. The molecule has 1 N–H and O–H groups in total. The highest BCUT2D eigenvalue weighted by molar-refractivity contribution is 6.05. The molecule has 0 unspecified atom stereocenters. The normalized spacial score (nSPS) is 11.4. The Balaban J connectivity index is 1.56. The molecule has 4 aromatic carbocycles. The summed E-state index contributed by atoms with van der Waals surface area (Å²) in [4.78, 5) is 39.2. The fourth-order valence-electron chi connectivity index (χ4n) is 3.75. The molecular formula is C31H27NO4. The van der Waals surface area contributed by atoms with Gasteiger partial charge in [0.1, 0.15) is 0 Å². The van der Waals surface area contributed by atoms with Crippen LogP contribution in [0.1, 0.15) is 59.4 Å². The van der Waals surface area contributed by atoms with Crippen molar-refractivity contribution >= 4 is 23.3 Å². The first-order valence-electron chi connectivity index (χ1n) is 11.7. The summed E-state index contributed by atoms with van der Waals surface area (Å²) in [5.74, 6) is -1.25. The average Bonchev–Trinajstić information content (AvgIpc) is 2.89. The van der Waals surface area contributed by atoms with E-state index in [1.165, 1.54) is 6.07 Å². The third-order valence-electron chi connectivity index (χ3n) is 6.03. The number of anilines is 1. The van der Waals surface area contributed by atoms with Crippen molar-refractivity contribution in [2.24, 2.45) is 0 Å². The molecule has 0 aliphatic rings. The lowest BCUT2D eigenvalue weighted by atomic mass is 9.97. The molecule has 1 amide bonds. The van der Waals surface area contributed by atoms with E-state index in [1.807, 2.05) is 51.1 Å². The smallest absolute Gasteiger partial charge is 0.339 e. The summed E-state index contributed by atoms with van der Waals surface area (Å²) in [5.41, 5.74) is 5.35. The highest BCUT2D eigenvalue weighted by Crippen LogP contribution is 2.26. The van der Waals surface area contributed by atoms with Crippen molar-refractivity contribution in [3.8, 4) is 0 Å². The second-order valence-electron chi connectivity index (χ2n) is 8.76. The van der Waals surface area contributed by atoms with Gasteiger partial charge in [-0.3, -0.25) is 9.59 Å². The number of carbonyl (C=O) groups excluding carboxylic acids is 3. The molecule has 1 atom stereocenters. The van der Waals surface area contributed by atoms with Crippen LogP contribution in [-0.2, 0) is 4.74 Å². The van der Waals surface area contributed by atoms with E-state index in [0.717, 1.165) is 16.7 Å². The largest absolute Gasteiger partial charge is 0.445 e. The summed E-state index contributed by atoms with van der Waals surface area (Å²) < 4.78 is 5.77. The van der Waals surface area contributed by atoms with Crippen LogP contribution in [0.3, 0.4) is 0 Å². The molecule has 0 bridgehead atoms. The quantitative estimate of drug-likeness (QED) is 0.239.